The molecular formula is C16H16FNO2S. The molecule has 3 nitrogen and oxygen atoms in total. The Morgan fingerprint density at radius 3 is 2.57 bits per heavy atom. The van der Waals surface area contributed by atoms with Crippen molar-refractivity contribution in [3.8, 4) is 11.5 Å². The first kappa shape index (κ1) is 15.3. The second-order valence-electron chi connectivity index (χ2n) is 4.47. The number of rotatable bonds is 6. The van der Waals surface area contributed by atoms with Gasteiger partial charge in [-0.3, -0.25) is 0 Å². The third-order valence-corrected chi connectivity index (χ3v) is 3.13. The maximum atomic E-state index is 13.4. The third-order valence-electron chi connectivity index (χ3n) is 2.91. The number of halogens is 1. The fourth-order valence-electron chi connectivity index (χ4n) is 1.77. The van der Waals surface area contributed by atoms with E-state index in [2.05, 4.69) is 0 Å². The van der Waals surface area contributed by atoms with Crippen molar-refractivity contribution in [3.05, 3.63) is 59.4 Å². The molecule has 0 radical (unpaired) electrons. The van der Waals surface area contributed by atoms with Gasteiger partial charge in [0.2, 0.25) is 0 Å². The lowest BCUT2D eigenvalue weighted by atomic mass is 10.2. The first-order chi connectivity index (χ1) is 10.1. The van der Waals surface area contributed by atoms with Gasteiger partial charge >= 0.3 is 0 Å². The molecule has 2 aromatic rings. The molecule has 110 valence electrons. The highest BCUT2D eigenvalue weighted by Gasteiger charge is 2.05. The van der Waals surface area contributed by atoms with Gasteiger partial charge < -0.3 is 15.2 Å². The minimum atomic E-state index is -0.285. The molecule has 0 saturated heterocycles. The summed E-state index contributed by atoms with van der Waals surface area (Å²) in [5.41, 5.74) is 6.89. The number of para-hydroxylation sites is 1. The predicted molar refractivity (Wildman–Crippen MR) is 84.5 cm³/mol. The predicted octanol–water partition coefficient (Wildman–Crippen LogP) is 3.23. The Bertz CT molecular complexity index is 646. The third kappa shape index (κ3) is 4.16. The monoisotopic (exact) mass is 305 g/mol. The molecule has 0 aliphatic rings. The number of hydrogen-bond acceptors (Lipinski definition) is 3. The Morgan fingerprint density at radius 1 is 1.14 bits per heavy atom. The highest BCUT2D eigenvalue weighted by molar-refractivity contribution is 7.80. The quantitative estimate of drug-likeness (QED) is 0.657. The number of nitrogens with two attached hydrogens (primary N) is 1. The van der Waals surface area contributed by atoms with Crippen LogP contribution in [0.1, 0.15) is 11.1 Å². The van der Waals surface area contributed by atoms with Crippen molar-refractivity contribution < 1.29 is 13.9 Å². The Kier molecular flexibility index (Phi) is 5.11. The molecular weight excluding hydrogens is 289 g/mol. The van der Waals surface area contributed by atoms with Crippen LogP contribution in [0.3, 0.4) is 0 Å². The van der Waals surface area contributed by atoms with Crippen molar-refractivity contribution in [2.75, 3.05) is 13.2 Å². The van der Waals surface area contributed by atoms with E-state index in [1.807, 2.05) is 12.1 Å². The Balaban J connectivity index is 1.87. The standard InChI is InChI=1S/C16H16FNO2S/c1-11-6-7-12(10-14(11)17)19-8-9-20-15-5-3-2-4-13(15)16(18)21/h2-7,10H,8-9H2,1H3,(H2,18,21). The summed E-state index contributed by atoms with van der Waals surface area (Å²) < 4.78 is 24.4. The van der Waals surface area contributed by atoms with E-state index in [4.69, 9.17) is 27.4 Å². The van der Waals surface area contributed by atoms with E-state index in [0.29, 0.717) is 35.8 Å². The van der Waals surface area contributed by atoms with Gasteiger partial charge in [0.05, 0.1) is 5.56 Å². The zero-order valence-electron chi connectivity index (χ0n) is 11.6. The van der Waals surface area contributed by atoms with Crippen LogP contribution in [0.4, 0.5) is 4.39 Å². The van der Waals surface area contributed by atoms with Gasteiger partial charge in [-0.2, -0.15) is 0 Å². The maximum Gasteiger partial charge on any atom is 0.129 e. The average molecular weight is 305 g/mol. The van der Waals surface area contributed by atoms with E-state index >= 15 is 0 Å². The Labute approximate surface area is 128 Å². The van der Waals surface area contributed by atoms with Crippen LogP contribution in [0.25, 0.3) is 0 Å². The first-order valence-electron chi connectivity index (χ1n) is 6.48. The zero-order chi connectivity index (χ0) is 15.2. The van der Waals surface area contributed by atoms with E-state index in [0.717, 1.165) is 0 Å². The minimum Gasteiger partial charge on any atom is -0.490 e. The zero-order valence-corrected chi connectivity index (χ0v) is 12.5. The number of hydrogen-bond donors (Lipinski definition) is 1. The Morgan fingerprint density at radius 2 is 1.86 bits per heavy atom. The largest absolute Gasteiger partial charge is 0.490 e. The lowest BCUT2D eigenvalue weighted by Crippen LogP contribution is -2.14. The lowest BCUT2D eigenvalue weighted by Gasteiger charge is -2.11. The molecule has 0 aromatic heterocycles. The second kappa shape index (κ2) is 7.04. The molecule has 21 heavy (non-hydrogen) atoms. The first-order valence-corrected chi connectivity index (χ1v) is 6.89. The molecule has 0 aliphatic carbocycles. The van der Waals surface area contributed by atoms with Gasteiger partial charge in [-0.1, -0.05) is 30.4 Å². The van der Waals surface area contributed by atoms with Gasteiger partial charge in [0.25, 0.3) is 0 Å². The highest BCUT2D eigenvalue weighted by atomic mass is 32.1. The van der Waals surface area contributed by atoms with Gasteiger partial charge in [-0.15, -0.1) is 0 Å². The minimum absolute atomic E-state index is 0.284. The SMILES string of the molecule is Cc1ccc(OCCOc2ccccc2C(N)=S)cc1F. The van der Waals surface area contributed by atoms with Crippen LogP contribution in [-0.2, 0) is 0 Å². The van der Waals surface area contributed by atoms with Crippen molar-refractivity contribution >= 4 is 17.2 Å². The molecule has 0 saturated carbocycles. The lowest BCUT2D eigenvalue weighted by molar-refractivity contribution is 0.216. The van der Waals surface area contributed by atoms with Crippen LogP contribution in [0.5, 0.6) is 11.5 Å². The maximum absolute atomic E-state index is 13.4. The summed E-state index contributed by atoms with van der Waals surface area (Å²) in [7, 11) is 0. The molecule has 0 unspecified atom stereocenters. The van der Waals surface area contributed by atoms with Crippen LogP contribution in [0.2, 0.25) is 0 Å². The van der Waals surface area contributed by atoms with Crippen LogP contribution in [0, 0.1) is 12.7 Å². The van der Waals surface area contributed by atoms with Crippen molar-refractivity contribution in [1.82, 2.24) is 0 Å². The van der Waals surface area contributed by atoms with Gasteiger partial charge in [-0.25, -0.2) is 4.39 Å². The van der Waals surface area contributed by atoms with Crippen LogP contribution >= 0.6 is 12.2 Å². The molecule has 0 bridgehead atoms. The van der Waals surface area contributed by atoms with Gasteiger partial charge in [0.15, 0.2) is 0 Å². The summed E-state index contributed by atoms with van der Waals surface area (Å²) in [4.78, 5) is 0.284. The van der Waals surface area contributed by atoms with Gasteiger partial charge in [-0.05, 0) is 30.7 Å². The fraction of sp³-hybridized carbons (Fsp3) is 0.188. The normalized spacial score (nSPS) is 10.2. The van der Waals surface area contributed by atoms with E-state index in [1.54, 1.807) is 31.2 Å². The van der Waals surface area contributed by atoms with Crippen LogP contribution in [0.15, 0.2) is 42.5 Å². The van der Waals surface area contributed by atoms with Crippen molar-refractivity contribution in [2.24, 2.45) is 5.73 Å². The molecule has 5 heteroatoms. The molecule has 0 heterocycles. The van der Waals surface area contributed by atoms with E-state index in [9.17, 15) is 4.39 Å². The summed E-state index contributed by atoms with van der Waals surface area (Å²) in [5.74, 6) is 0.806. The highest BCUT2D eigenvalue weighted by Crippen LogP contribution is 2.18. The Hall–Kier alpha value is -2.14. The van der Waals surface area contributed by atoms with Gasteiger partial charge in [0, 0.05) is 6.07 Å². The molecule has 0 atom stereocenters. The van der Waals surface area contributed by atoms with Crippen molar-refractivity contribution in [2.45, 2.75) is 6.92 Å². The van der Waals surface area contributed by atoms with Crippen LogP contribution in [-0.4, -0.2) is 18.2 Å². The molecule has 2 aromatic carbocycles. The molecule has 0 amide bonds. The van der Waals surface area contributed by atoms with E-state index < -0.39 is 0 Å². The average Bonchev–Trinajstić information content (AvgIpc) is 2.47. The summed E-state index contributed by atoms with van der Waals surface area (Å²) in [6.45, 7) is 2.32. The second-order valence-corrected chi connectivity index (χ2v) is 4.91. The fourth-order valence-corrected chi connectivity index (χ4v) is 1.94. The van der Waals surface area contributed by atoms with Crippen LogP contribution < -0.4 is 15.2 Å². The number of thiocarbonyl (C=S) groups is 1. The van der Waals surface area contributed by atoms with Crippen molar-refractivity contribution in [3.63, 3.8) is 0 Å². The van der Waals surface area contributed by atoms with Crippen molar-refractivity contribution in [1.29, 1.82) is 0 Å². The van der Waals surface area contributed by atoms with E-state index in [1.165, 1.54) is 6.07 Å². The van der Waals surface area contributed by atoms with E-state index in [-0.39, 0.29) is 10.8 Å². The summed E-state index contributed by atoms with van der Waals surface area (Å²) >= 11 is 4.96. The van der Waals surface area contributed by atoms with Gasteiger partial charge in [0.1, 0.15) is 35.5 Å². The summed E-state index contributed by atoms with van der Waals surface area (Å²) in [6.07, 6.45) is 0. The molecule has 0 spiro atoms. The number of ether oxygens (including phenoxy) is 2. The topological polar surface area (TPSA) is 44.5 Å². The summed E-state index contributed by atoms with van der Waals surface area (Å²) in [6, 6.07) is 12.0. The number of benzene rings is 2. The number of aryl methyl sites for hydroxylation is 1. The molecule has 2 rings (SSSR count). The molecule has 0 aliphatic heterocycles. The smallest absolute Gasteiger partial charge is 0.129 e. The molecule has 0 fully saturated rings. The summed E-state index contributed by atoms with van der Waals surface area (Å²) in [5, 5.41) is 0. The molecule has 2 N–H and O–H groups in total.